The van der Waals surface area contributed by atoms with Gasteiger partial charge in [-0.05, 0) is 55.9 Å². The lowest BCUT2D eigenvalue weighted by Crippen LogP contribution is -2.29. The van der Waals surface area contributed by atoms with Gasteiger partial charge in [0.2, 0.25) is 10.0 Å². The SMILES string of the molecule is Cc1cc(S(=O)(=O)NCC2CC=CCC2)ccc1Br. The summed E-state index contributed by atoms with van der Waals surface area (Å²) in [6.45, 7) is 2.40. The lowest BCUT2D eigenvalue weighted by atomic mass is 9.95. The Hall–Kier alpha value is -0.650. The Morgan fingerprint density at radius 3 is 2.79 bits per heavy atom. The van der Waals surface area contributed by atoms with Crippen LogP contribution in [0.5, 0.6) is 0 Å². The lowest BCUT2D eigenvalue weighted by molar-refractivity contribution is 0.468. The van der Waals surface area contributed by atoms with Crippen molar-refractivity contribution in [3.8, 4) is 0 Å². The van der Waals surface area contributed by atoms with Crippen LogP contribution in [0.2, 0.25) is 0 Å². The lowest BCUT2D eigenvalue weighted by Gasteiger charge is -2.18. The summed E-state index contributed by atoms with van der Waals surface area (Å²) in [4.78, 5) is 0.333. The van der Waals surface area contributed by atoms with Gasteiger partial charge in [0.1, 0.15) is 0 Å². The smallest absolute Gasteiger partial charge is 0.211 e. The largest absolute Gasteiger partial charge is 0.240 e. The molecule has 1 N–H and O–H groups in total. The van der Waals surface area contributed by atoms with Gasteiger partial charge in [0, 0.05) is 11.0 Å². The molecule has 0 heterocycles. The minimum atomic E-state index is -3.39. The highest BCUT2D eigenvalue weighted by Gasteiger charge is 2.17. The quantitative estimate of drug-likeness (QED) is 0.851. The van der Waals surface area contributed by atoms with Crippen LogP contribution in [0.25, 0.3) is 0 Å². The Morgan fingerprint density at radius 1 is 1.37 bits per heavy atom. The van der Waals surface area contributed by atoms with Crippen molar-refractivity contribution in [3.63, 3.8) is 0 Å². The molecule has 2 rings (SSSR count). The monoisotopic (exact) mass is 343 g/mol. The van der Waals surface area contributed by atoms with Crippen molar-refractivity contribution in [2.45, 2.75) is 31.1 Å². The van der Waals surface area contributed by atoms with Crippen LogP contribution in [0.3, 0.4) is 0 Å². The zero-order valence-corrected chi connectivity index (χ0v) is 13.3. The molecule has 19 heavy (non-hydrogen) atoms. The second-order valence-corrected chi connectivity index (χ2v) is 7.53. The van der Waals surface area contributed by atoms with Gasteiger partial charge in [-0.25, -0.2) is 13.1 Å². The van der Waals surface area contributed by atoms with E-state index in [0.717, 1.165) is 29.3 Å². The van der Waals surface area contributed by atoms with Gasteiger partial charge in [-0.2, -0.15) is 0 Å². The predicted octanol–water partition coefficient (Wildman–Crippen LogP) is 3.39. The number of hydrogen-bond acceptors (Lipinski definition) is 2. The molecule has 1 aliphatic rings. The summed E-state index contributed by atoms with van der Waals surface area (Å²) >= 11 is 3.37. The molecule has 1 aliphatic carbocycles. The molecular weight excluding hydrogens is 326 g/mol. The van der Waals surface area contributed by atoms with Crippen LogP contribution >= 0.6 is 15.9 Å². The van der Waals surface area contributed by atoms with E-state index in [1.54, 1.807) is 18.2 Å². The van der Waals surface area contributed by atoms with Gasteiger partial charge in [-0.3, -0.25) is 0 Å². The van der Waals surface area contributed by atoms with Crippen LogP contribution in [-0.2, 0) is 10.0 Å². The Morgan fingerprint density at radius 2 is 2.16 bits per heavy atom. The predicted molar refractivity (Wildman–Crippen MR) is 80.5 cm³/mol. The molecule has 5 heteroatoms. The van der Waals surface area contributed by atoms with E-state index in [4.69, 9.17) is 0 Å². The molecule has 0 aliphatic heterocycles. The van der Waals surface area contributed by atoms with E-state index in [1.807, 2.05) is 6.92 Å². The molecule has 0 radical (unpaired) electrons. The highest BCUT2D eigenvalue weighted by Crippen LogP contribution is 2.21. The average Bonchev–Trinajstić information content (AvgIpc) is 2.41. The van der Waals surface area contributed by atoms with Crippen LogP contribution in [0, 0.1) is 12.8 Å². The molecule has 0 aromatic heterocycles. The number of nitrogens with one attached hydrogen (secondary N) is 1. The van der Waals surface area contributed by atoms with E-state index >= 15 is 0 Å². The molecule has 1 aromatic carbocycles. The molecular formula is C14H18BrNO2S. The Bertz CT molecular complexity index is 581. The zero-order chi connectivity index (χ0) is 13.9. The first-order chi connectivity index (χ1) is 8.99. The molecule has 0 saturated heterocycles. The standard InChI is InChI=1S/C14H18BrNO2S/c1-11-9-13(7-8-14(11)15)19(17,18)16-10-12-5-3-2-4-6-12/h2-3,7-9,12,16H,4-6,10H2,1H3. The molecule has 0 amide bonds. The number of aryl methyl sites for hydroxylation is 1. The van der Waals surface area contributed by atoms with Gasteiger partial charge >= 0.3 is 0 Å². The first kappa shape index (κ1) is 14.8. The van der Waals surface area contributed by atoms with Crippen LogP contribution in [-0.4, -0.2) is 15.0 Å². The summed E-state index contributed by atoms with van der Waals surface area (Å²) in [6, 6.07) is 5.08. The highest BCUT2D eigenvalue weighted by molar-refractivity contribution is 9.10. The molecule has 1 atom stereocenters. The van der Waals surface area contributed by atoms with E-state index in [1.165, 1.54) is 0 Å². The Labute approximate surface area is 123 Å². The Kier molecular flexibility index (Phi) is 4.81. The number of allylic oxidation sites excluding steroid dienone is 2. The summed E-state index contributed by atoms with van der Waals surface area (Å²) in [5.41, 5.74) is 0.920. The second-order valence-electron chi connectivity index (χ2n) is 4.91. The van der Waals surface area contributed by atoms with E-state index in [-0.39, 0.29) is 0 Å². The summed E-state index contributed by atoms with van der Waals surface area (Å²) in [7, 11) is -3.39. The molecule has 0 spiro atoms. The average molecular weight is 344 g/mol. The summed E-state index contributed by atoms with van der Waals surface area (Å²) in [6.07, 6.45) is 7.35. The van der Waals surface area contributed by atoms with Gasteiger partial charge in [0.15, 0.2) is 0 Å². The fourth-order valence-corrected chi connectivity index (χ4v) is 3.58. The van der Waals surface area contributed by atoms with Crippen molar-refractivity contribution < 1.29 is 8.42 Å². The summed E-state index contributed by atoms with van der Waals surface area (Å²) < 4.78 is 28.0. The third kappa shape index (κ3) is 3.91. The van der Waals surface area contributed by atoms with E-state index in [9.17, 15) is 8.42 Å². The number of sulfonamides is 1. The van der Waals surface area contributed by atoms with E-state index < -0.39 is 10.0 Å². The molecule has 0 fully saturated rings. The van der Waals surface area contributed by atoms with Crippen LogP contribution in [0.4, 0.5) is 0 Å². The van der Waals surface area contributed by atoms with Crippen molar-refractivity contribution >= 4 is 26.0 Å². The number of benzene rings is 1. The maximum atomic E-state index is 12.2. The van der Waals surface area contributed by atoms with E-state index in [0.29, 0.717) is 17.4 Å². The van der Waals surface area contributed by atoms with Gasteiger partial charge in [0.05, 0.1) is 4.90 Å². The van der Waals surface area contributed by atoms with Crippen molar-refractivity contribution in [3.05, 3.63) is 40.4 Å². The number of hydrogen-bond donors (Lipinski definition) is 1. The maximum absolute atomic E-state index is 12.2. The van der Waals surface area contributed by atoms with Crippen LogP contribution in [0.15, 0.2) is 39.7 Å². The van der Waals surface area contributed by atoms with Crippen molar-refractivity contribution in [1.29, 1.82) is 0 Å². The van der Waals surface area contributed by atoms with Gasteiger partial charge in [-0.15, -0.1) is 0 Å². The molecule has 0 bridgehead atoms. The van der Waals surface area contributed by atoms with Crippen molar-refractivity contribution in [2.24, 2.45) is 5.92 Å². The summed E-state index contributed by atoms with van der Waals surface area (Å²) in [5, 5.41) is 0. The van der Waals surface area contributed by atoms with Gasteiger partial charge < -0.3 is 0 Å². The number of halogens is 1. The number of rotatable bonds is 4. The molecule has 104 valence electrons. The fraction of sp³-hybridized carbons (Fsp3) is 0.429. The second kappa shape index (κ2) is 6.20. The molecule has 3 nitrogen and oxygen atoms in total. The van der Waals surface area contributed by atoms with Crippen LogP contribution in [0.1, 0.15) is 24.8 Å². The van der Waals surface area contributed by atoms with Crippen molar-refractivity contribution in [1.82, 2.24) is 4.72 Å². The topological polar surface area (TPSA) is 46.2 Å². The molecule has 0 saturated carbocycles. The van der Waals surface area contributed by atoms with E-state index in [2.05, 4.69) is 32.8 Å². The van der Waals surface area contributed by atoms with Crippen LogP contribution < -0.4 is 4.72 Å². The normalized spacial score (nSPS) is 19.6. The highest BCUT2D eigenvalue weighted by atomic mass is 79.9. The Balaban J connectivity index is 2.05. The third-order valence-electron chi connectivity index (χ3n) is 3.38. The van der Waals surface area contributed by atoms with Gasteiger partial charge in [-0.1, -0.05) is 28.1 Å². The summed E-state index contributed by atoms with van der Waals surface area (Å²) in [5.74, 6) is 0.413. The van der Waals surface area contributed by atoms with Crippen molar-refractivity contribution in [2.75, 3.05) is 6.54 Å². The molecule has 1 unspecified atom stereocenters. The first-order valence-electron chi connectivity index (χ1n) is 6.40. The fourth-order valence-electron chi connectivity index (χ4n) is 2.14. The molecule has 1 aromatic rings. The first-order valence-corrected chi connectivity index (χ1v) is 8.67. The third-order valence-corrected chi connectivity index (χ3v) is 5.69. The minimum Gasteiger partial charge on any atom is -0.211 e. The van der Waals surface area contributed by atoms with Gasteiger partial charge in [0.25, 0.3) is 0 Å². The zero-order valence-electron chi connectivity index (χ0n) is 10.9. The maximum Gasteiger partial charge on any atom is 0.240 e. The minimum absolute atomic E-state index is 0.333.